The normalized spacial score (nSPS) is 9.08. The minimum absolute atomic E-state index is 0. The van der Waals surface area contributed by atoms with E-state index >= 15 is 0 Å². The Labute approximate surface area is 94.1 Å². The fourth-order valence-corrected chi connectivity index (χ4v) is 0.509. The molecule has 0 bridgehead atoms. The van der Waals surface area contributed by atoms with Gasteiger partial charge in [-0.1, -0.05) is 0 Å². The number of nitrogens with one attached hydrogen (secondary N) is 2. The number of aliphatic carboxylic acids is 1. The summed E-state index contributed by atoms with van der Waals surface area (Å²) < 4.78 is 0. The van der Waals surface area contributed by atoms with Gasteiger partial charge in [0.1, 0.15) is 0 Å². The molecule has 0 unspecified atom stereocenters. The van der Waals surface area contributed by atoms with Crippen LogP contribution in [0.1, 0.15) is 6.92 Å². The molecule has 0 rings (SSSR count). The molecule has 0 radical (unpaired) electrons. The predicted molar refractivity (Wildman–Crippen MR) is 47.3 cm³/mol. The van der Waals surface area contributed by atoms with Crippen LogP contribution < -0.4 is 10.8 Å². The van der Waals surface area contributed by atoms with Crippen LogP contribution in [0.15, 0.2) is 0 Å². The molecule has 12 heavy (non-hydrogen) atoms. The van der Waals surface area contributed by atoms with Crippen molar-refractivity contribution in [2.75, 3.05) is 26.2 Å². The average molecular weight is 186 g/mol. The maximum atomic E-state index is 9.97. The van der Waals surface area contributed by atoms with Crippen LogP contribution in [0.25, 0.3) is 0 Å². The van der Waals surface area contributed by atoms with Gasteiger partial charge in [-0.05, 0) is 6.92 Å². The molecule has 0 aliphatic rings. The summed E-state index contributed by atoms with van der Waals surface area (Å²) in [6, 6.07) is 0. The van der Waals surface area contributed by atoms with Gasteiger partial charge in [-0.25, -0.2) is 5.48 Å². The fourth-order valence-electron chi connectivity index (χ4n) is 0.509. The molecule has 0 atom stereocenters. The van der Waals surface area contributed by atoms with Gasteiger partial charge >= 0.3 is 35.5 Å². The van der Waals surface area contributed by atoms with Gasteiger partial charge in [0.15, 0.2) is 0 Å². The van der Waals surface area contributed by atoms with Crippen molar-refractivity contribution in [1.29, 1.82) is 0 Å². The van der Waals surface area contributed by atoms with Crippen molar-refractivity contribution in [3.8, 4) is 0 Å². The molecule has 3 N–H and O–H groups in total. The van der Waals surface area contributed by atoms with Gasteiger partial charge in [-0.2, -0.15) is 0 Å². The van der Waals surface area contributed by atoms with Crippen molar-refractivity contribution in [2.45, 2.75) is 6.92 Å². The zero-order chi connectivity index (χ0) is 8.53. The molecular formula is C6H15N2NaO3. The third-order valence-corrected chi connectivity index (χ3v) is 0.926. The summed E-state index contributed by atoms with van der Waals surface area (Å²) in [5.41, 5.74) is 2.65. The van der Waals surface area contributed by atoms with E-state index in [-0.39, 0.29) is 36.1 Å². The number of hydrogen-bond donors (Lipinski definition) is 3. The van der Waals surface area contributed by atoms with Gasteiger partial charge in [0, 0.05) is 13.1 Å². The first-order chi connectivity index (χ1) is 5.27. The third-order valence-electron chi connectivity index (χ3n) is 0.926. The summed E-state index contributed by atoms with van der Waals surface area (Å²) in [4.78, 5) is 14.8. The summed E-state index contributed by atoms with van der Waals surface area (Å²) >= 11 is 0. The molecule has 0 aromatic carbocycles. The third kappa shape index (κ3) is 13.0. The Balaban J connectivity index is 0. The van der Waals surface area contributed by atoms with E-state index in [9.17, 15) is 4.79 Å². The van der Waals surface area contributed by atoms with Gasteiger partial charge in [0.05, 0.1) is 13.2 Å². The number of hydroxylamine groups is 1. The Kier molecular flexibility index (Phi) is 14.0. The molecule has 0 aromatic rings. The monoisotopic (exact) mass is 186 g/mol. The van der Waals surface area contributed by atoms with E-state index in [4.69, 9.17) is 9.94 Å². The molecule has 0 aromatic heterocycles. The Bertz CT molecular complexity index is 113. The van der Waals surface area contributed by atoms with Crippen molar-refractivity contribution in [2.24, 2.45) is 0 Å². The van der Waals surface area contributed by atoms with Crippen molar-refractivity contribution < 1.29 is 14.7 Å². The molecule has 0 amide bonds. The first kappa shape index (κ1) is 14.9. The van der Waals surface area contributed by atoms with Gasteiger partial charge in [-0.3, -0.25) is 4.79 Å². The van der Waals surface area contributed by atoms with E-state index in [2.05, 4.69) is 10.8 Å². The number of rotatable bonds is 7. The minimum atomic E-state index is -0.846. The van der Waals surface area contributed by atoms with Crippen LogP contribution in [-0.2, 0) is 9.63 Å². The van der Waals surface area contributed by atoms with E-state index in [1.54, 1.807) is 0 Å². The van der Waals surface area contributed by atoms with Gasteiger partial charge in [0.25, 0.3) is 0 Å². The number of carboxylic acids is 1. The van der Waals surface area contributed by atoms with E-state index in [0.717, 1.165) is 0 Å². The van der Waals surface area contributed by atoms with Crippen LogP contribution >= 0.6 is 0 Å². The van der Waals surface area contributed by atoms with E-state index in [0.29, 0.717) is 19.7 Å². The van der Waals surface area contributed by atoms with Crippen LogP contribution in [0.5, 0.6) is 0 Å². The van der Waals surface area contributed by atoms with Gasteiger partial charge < -0.3 is 15.3 Å². The first-order valence-electron chi connectivity index (χ1n) is 3.54. The topological polar surface area (TPSA) is 70.6 Å². The van der Waals surface area contributed by atoms with Crippen LogP contribution in [0.3, 0.4) is 0 Å². The zero-order valence-electron chi connectivity index (χ0n) is 6.59. The fraction of sp³-hybridized carbons (Fsp3) is 0.833. The second-order valence-electron chi connectivity index (χ2n) is 1.90. The number of carboxylic acid groups (broad SMARTS) is 1. The van der Waals surface area contributed by atoms with Crippen molar-refractivity contribution >= 4 is 35.5 Å². The Morgan fingerprint density at radius 2 is 2.17 bits per heavy atom. The maximum absolute atomic E-state index is 9.97. The molecule has 0 aliphatic carbocycles. The van der Waals surface area contributed by atoms with Crippen LogP contribution in [0.4, 0.5) is 0 Å². The molecule has 6 heteroatoms. The average Bonchev–Trinajstić information content (AvgIpc) is 1.96. The Hall–Kier alpha value is 0.350. The van der Waals surface area contributed by atoms with E-state index in [1.807, 2.05) is 6.92 Å². The quantitative estimate of drug-likeness (QED) is 0.258. The van der Waals surface area contributed by atoms with Crippen molar-refractivity contribution in [1.82, 2.24) is 10.8 Å². The Morgan fingerprint density at radius 3 is 2.67 bits per heavy atom. The number of carbonyl (C=O) groups is 1. The van der Waals surface area contributed by atoms with Gasteiger partial charge in [-0.15, -0.1) is 0 Å². The van der Waals surface area contributed by atoms with Crippen molar-refractivity contribution in [3.63, 3.8) is 0 Å². The van der Waals surface area contributed by atoms with Gasteiger partial charge in [0.2, 0.25) is 0 Å². The first-order valence-corrected chi connectivity index (χ1v) is 3.54. The van der Waals surface area contributed by atoms with Crippen molar-refractivity contribution in [3.05, 3.63) is 0 Å². The summed E-state index contributed by atoms with van der Waals surface area (Å²) in [5, 5.41) is 10.9. The van der Waals surface area contributed by atoms with Crippen LogP contribution in [0, 0.1) is 0 Å². The molecular weight excluding hydrogens is 171 g/mol. The van der Waals surface area contributed by atoms with E-state index < -0.39 is 5.97 Å². The molecule has 0 aliphatic heterocycles. The summed E-state index contributed by atoms with van der Waals surface area (Å²) in [5.74, 6) is -0.846. The predicted octanol–water partition coefficient (Wildman–Crippen LogP) is -1.45. The molecule has 0 heterocycles. The van der Waals surface area contributed by atoms with E-state index in [1.165, 1.54) is 0 Å². The molecule has 5 nitrogen and oxygen atoms in total. The number of hydrogen-bond acceptors (Lipinski definition) is 4. The van der Waals surface area contributed by atoms with Crippen LogP contribution in [0.2, 0.25) is 0 Å². The summed E-state index contributed by atoms with van der Waals surface area (Å²) in [6.07, 6.45) is 0. The second kappa shape index (κ2) is 11.4. The molecule has 0 spiro atoms. The SMILES string of the molecule is CCONCCNCC(=O)O.[NaH]. The van der Waals surface area contributed by atoms with Crippen LogP contribution in [-0.4, -0.2) is 66.9 Å². The molecule has 0 saturated carbocycles. The summed E-state index contributed by atoms with van der Waals surface area (Å²) in [6.45, 7) is 3.68. The summed E-state index contributed by atoms with van der Waals surface area (Å²) in [7, 11) is 0. The molecule has 0 saturated heterocycles. The molecule has 0 fully saturated rings. The Morgan fingerprint density at radius 1 is 1.50 bits per heavy atom. The standard InChI is InChI=1S/C6H14N2O3.Na.H/c1-2-11-8-4-3-7-5-6(9)10;;/h7-8H,2-5H2,1H3,(H,9,10);;. The zero-order valence-corrected chi connectivity index (χ0v) is 6.59. The molecule has 68 valence electrons. The second-order valence-corrected chi connectivity index (χ2v) is 1.90.